The molecule has 1 aliphatic carbocycles. The third kappa shape index (κ3) is 7.73. The molecule has 1 aliphatic heterocycles. The van der Waals surface area contributed by atoms with Crippen molar-refractivity contribution in [3.05, 3.63) is 11.6 Å². The molecule has 0 radical (unpaired) electrons. The highest BCUT2D eigenvalue weighted by atomic mass is 16.5. The SMILES string of the molecule is CCOC(CCNC(=NCc1nnc(C)n1C)NCCN1CCOCC1)C1CCCC1. The van der Waals surface area contributed by atoms with Crippen LogP contribution in [0.2, 0.25) is 0 Å². The summed E-state index contributed by atoms with van der Waals surface area (Å²) in [5, 5.41) is 15.4. The van der Waals surface area contributed by atoms with E-state index < -0.39 is 0 Å². The van der Waals surface area contributed by atoms with E-state index in [4.69, 9.17) is 14.5 Å². The van der Waals surface area contributed by atoms with Gasteiger partial charge in [-0.2, -0.15) is 0 Å². The van der Waals surface area contributed by atoms with E-state index in [2.05, 4.69) is 32.7 Å². The number of morpholine rings is 1. The highest BCUT2D eigenvalue weighted by Gasteiger charge is 2.25. The van der Waals surface area contributed by atoms with Crippen LogP contribution >= 0.6 is 0 Å². The van der Waals surface area contributed by atoms with Crippen LogP contribution in [0, 0.1) is 12.8 Å². The molecule has 1 saturated carbocycles. The van der Waals surface area contributed by atoms with Crippen LogP contribution < -0.4 is 10.6 Å². The van der Waals surface area contributed by atoms with Crippen LogP contribution in [0.1, 0.15) is 50.7 Å². The molecule has 31 heavy (non-hydrogen) atoms. The summed E-state index contributed by atoms with van der Waals surface area (Å²) in [4.78, 5) is 7.20. The first-order valence-corrected chi connectivity index (χ1v) is 12.0. The molecule has 176 valence electrons. The molecule has 2 aliphatic rings. The van der Waals surface area contributed by atoms with Crippen molar-refractivity contribution in [3.8, 4) is 0 Å². The Kier molecular flexibility index (Phi) is 10.0. The minimum Gasteiger partial charge on any atom is -0.379 e. The zero-order valence-corrected chi connectivity index (χ0v) is 19.6. The van der Waals surface area contributed by atoms with Crippen molar-refractivity contribution in [3.63, 3.8) is 0 Å². The van der Waals surface area contributed by atoms with Gasteiger partial charge in [0.05, 0.1) is 19.3 Å². The second kappa shape index (κ2) is 13.0. The zero-order valence-electron chi connectivity index (χ0n) is 19.6. The van der Waals surface area contributed by atoms with Gasteiger partial charge in [-0.1, -0.05) is 12.8 Å². The molecule has 2 fully saturated rings. The fraction of sp³-hybridized carbons (Fsp3) is 0.864. The summed E-state index contributed by atoms with van der Waals surface area (Å²) in [7, 11) is 1.98. The van der Waals surface area contributed by atoms with Gasteiger partial charge < -0.3 is 24.7 Å². The average Bonchev–Trinajstić information content (AvgIpc) is 3.43. The third-order valence-corrected chi connectivity index (χ3v) is 6.41. The van der Waals surface area contributed by atoms with E-state index in [0.29, 0.717) is 18.6 Å². The van der Waals surface area contributed by atoms with Gasteiger partial charge in [0.15, 0.2) is 11.8 Å². The van der Waals surface area contributed by atoms with Crippen molar-refractivity contribution >= 4 is 5.96 Å². The second-order valence-electron chi connectivity index (χ2n) is 8.52. The Balaban J connectivity index is 1.51. The summed E-state index contributed by atoms with van der Waals surface area (Å²) in [6.45, 7) is 11.7. The maximum atomic E-state index is 6.08. The normalized spacial score (nSPS) is 19.6. The summed E-state index contributed by atoms with van der Waals surface area (Å²) in [5.41, 5.74) is 0. The Bertz CT molecular complexity index is 667. The fourth-order valence-corrected chi connectivity index (χ4v) is 4.40. The zero-order chi connectivity index (χ0) is 21.9. The predicted octanol–water partition coefficient (Wildman–Crippen LogP) is 1.48. The Labute approximate surface area is 187 Å². The molecular weight excluding hydrogens is 394 g/mol. The topological polar surface area (TPSA) is 88.8 Å². The molecule has 0 aromatic carbocycles. The van der Waals surface area contributed by atoms with E-state index in [0.717, 1.165) is 76.6 Å². The number of hydrogen-bond acceptors (Lipinski definition) is 6. The minimum atomic E-state index is 0.344. The fourth-order valence-electron chi connectivity index (χ4n) is 4.40. The van der Waals surface area contributed by atoms with Gasteiger partial charge in [-0.15, -0.1) is 10.2 Å². The maximum Gasteiger partial charge on any atom is 0.191 e. The molecule has 1 atom stereocenters. The predicted molar refractivity (Wildman–Crippen MR) is 122 cm³/mol. The van der Waals surface area contributed by atoms with Gasteiger partial charge in [0.1, 0.15) is 12.4 Å². The Morgan fingerprint density at radius 3 is 2.61 bits per heavy atom. The van der Waals surface area contributed by atoms with Gasteiger partial charge in [0.25, 0.3) is 0 Å². The smallest absolute Gasteiger partial charge is 0.191 e. The summed E-state index contributed by atoms with van der Waals surface area (Å²) in [6, 6.07) is 0. The summed E-state index contributed by atoms with van der Waals surface area (Å²) < 4.78 is 13.5. The molecule has 0 amide bonds. The number of ether oxygens (including phenoxy) is 2. The summed E-state index contributed by atoms with van der Waals surface area (Å²) in [6.07, 6.45) is 6.63. The molecule has 1 aromatic heterocycles. The first-order chi connectivity index (χ1) is 15.2. The highest BCUT2D eigenvalue weighted by Crippen LogP contribution is 2.30. The maximum absolute atomic E-state index is 6.08. The lowest BCUT2D eigenvalue weighted by Gasteiger charge is -2.27. The molecule has 1 saturated heterocycles. The van der Waals surface area contributed by atoms with Crippen LogP contribution in [0.4, 0.5) is 0 Å². The molecule has 0 bridgehead atoms. The summed E-state index contributed by atoms with van der Waals surface area (Å²) >= 11 is 0. The highest BCUT2D eigenvalue weighted by molar-refractivity contribution is 5.79. The number of aliphatic imine (C=N–C) groups is 1. The Morgan fingerprint density at radius 2 is 1.94 bits per heavy atom. The van der Waals surface area contributed by atoms with Crippen LogP contribution in [0.3, 0.4) is 0 Å². The third-order valence-electron chi connectivity index (χ3n) is 6.41. The molecule has 0 spiro atoms. The number of nitrogens with one attached hydrogen (secondary N) is 2. The summed E-state index contributed by atoms with van der Waals surface area (Å²) in [5.74, 6) is 3.30. The van der Waals surface area contributed by atoms with Crippen LogP contribution in [0.5, 0.6) is 0 Å². The minimum absolute atomic E-state index is 0.344. The quantitative estimate of drug-likeness (QED) is 0.402. The number of aryl methyl sites for hydroxylation is 1. The van der Waals surface area contributed by atoms with Gasteiger partial charge in [0, 0.05) is 46.4 Å². The molecule has 3 rings (SSSR count). The Morgan fingerprint density at radius 1 is 1.19 bits per heavy atom. The Hall–Kier alpha value is -1.71. The lowest BCUT2D eigenvalue weighted by molar-refractivity contribution is 0.0169. The van der Waals surface area contributed by atoms with Crippen molar-refractivity contribution in [1.82, 2.24) is 30.3 Å². The van der Waals surface area contributed by atoms with Crippen LogP contribution in [-0.2, 0) is 23.1 Å². The number of rotatable bonds is 11. The molecule has 1 aromatic rings. The van der Waals surface area contributed by atoms with Crippen molar-refractivity contribution in [2.75, 3.05) is 52.5 Å². The van der Waals surface area contributed by atoms with Gasteiger partial charge >= 0.3 is 0 Å². The van der Waals surface area contributed by atoms with Gasteiger partial charge in [-0.25, -0.2) is 4.99 Å². The van der Waals surface area contributed by atoms with E-state index in [1.807, 2.05) is 18.5 Å². The molecule has 2 N–H and O–H groups in total. The molecular formula is C22H41N7O2. The molecule has 1 unspecified atom stereocenters. The van der Waals surface area contributed by atoms with Gasteiger partial charge in [0.2, 0.25) is 0 Å². The average molecular weight is 436 g/mol. The van der Waals surface area contributed by atoms with Crippen molar-refractivity contribution in [2.45, 2.75) is 58.6 Å². The number of aromatic nitrogens is 3. The van der Waals surface area contributed by atoms with Gasteiger partial charge in [-0.05, 0) is 39.0 Å². The number of nitrogens with zero attached hydrogens (tertiary/aromatic N) is 5. The monoisotopic (exact) mass is 435 g/mol. The standard InChI is InChI=1S/C22H41N7O2/c1-4-31-20(19-7-5-6-8-19)9-10-23-22(24-11-12-29-13-15-30-16-14-29)25-17-21-27-26-18(2)28(21)3/h19-20H,4-17H2,1-3H3,(H2,23,24,25). The first kappa shape index (κ1) is 23.9. The van der Waals surface area contributed by atoms with E-state index >= 15 is 0 Å². The van der Waals surface area contributed by atoms with E-state index in [-0.39, 0.29) is 0 Å². The molecule has 9 heteroatoms. The van der Waals surface area contributed by atoms with Crippen LogP contribution in [0.15, 0.2) is 4.99 Å². The number of hydrogen-bond donors (Lipinski definition) is 2. The first-order valence-electron chi connectivity index (χ1n) is 12.0. The van der Waals surface area contributed by atoms with Gasteiger partial charge in [-0.3, -0.25) is 4.90 Å². The van der Waals surface area contributed by atoms with Crippen molar-refractivity contribution < 1.29 is 9.47 Å². The largest absolute Gasteiger partial charge is 0.379 e. The molecule has 2 heterocycles. The van der Waals surface area contributed by atoms with E-state index in [9.17, 15) is 0 Å². The lowest BCUT2D eigenvalue weighted by Crippen LogP contribution is -2.45. The van der Waals surface area contributed by atoms with E-state index in [1.165, 1.54) is 25.7 Å². The van der Waals surface area contributed by atoms with Crippen LogP contribution in [0.25, 0.3) is 0 Å². The van der Waals surface area contributed by atoms with E-state index in [1.54, 1.807) is 0 Å². The van der Waals surface area contributed by atoms with Crippen molar-refractivity contribution in [1.29, 1.82) is 0 Å². The second-order valence-corrected chi connectivity index (χ2v) is 8.52. The molecule has 9 nitrogen and oxygen atoms in total. The number of guanidine groups is 1. The lowest BCUT2D eigenvalue weighted by atomic mass is 9.98. The van der Waals surface area contributed by atoms with Crippen LogP contribution in [-0.4, -0.2) is 84.3 Å². The van der Waals surface area contributed by atoms with Crippen molar-refractivity contribution in [2.24, 2.45) is 18.0 Å².